The average Bonchev–Trinajstić information content (AvgIpc) is 3.21. The molecule has 1 heterocycles. The molecule has 1 aromatic rings. The first kappa shape index (κ1) is 20.7. The molecule has 0 radical (unpaired) electrons. The molecule has 1 saturated heterocycles. The molecule has 3 rings (SSSR count). The van der Waals surface area contributed by atoms with Crippen LogP contribution in [0.2, 0.25) is 0 Å². The lowest BCUT2D eigenvalue weighted by molar-refractivity contribution is -0.159. The Labute approximate surface area is 157 Å². The molecule has 8 nitrogen and oxygen atoms in total. The van der Waals surface area contributed by atoms with Gasteiger partial charge < -0.3 is 25.6 Å². The summed E-state index contributed by atoms with van der Waals surface area (Å²) < 4.78 is 5.72. The maximum absolute atomic E-state index is 11.0. The zero-order chi connectivity index (χ0) is 19.8. The first-order valence-corrected chi connectivity index (χ1v) is 9.08. The fraction of sp³-hybridized carbons (Fsp3) is 0.526. The van der Waals surface area contributed by atoms with E-state index < -0.39 is 17.8 Å². The topological polar surface area (TPSA) is 130 Å². The van der Waals surface area contributed by atoms with Crippen molar-refractivity contribution in [3.8, 4) is 5.75 Å². The van der Waals surface area contributed by atoms with Crippen molar-refractivity contribution in [2.45, 2.75) is 25.7 Å². The Morgan fingerprint density at radius 2 is 1.59 bits per heavy atom. The molecule has 1 aliphatic carbocycles. The maximum atomic E-state index is 11.0. The van der Waals surface area contributed by atoms with E-state index in [9.17, 15) is 4.79 Å². The summed E-state index contributed by atoms with van der Waals surface area (Å²) in [5.74, 6) is -1.32. The number of nitrogens with two attached hydrogens (primary N) is 1. The summed E-state index contributed by atoms with van der Waals surface area (Å²) in [6.45, 7) is 4.43. The predicted octanol–water partition coefficient (Wildman–Crippen LogP) is 1.44. The first-order valence-electron chi connectivity index (χ1n) is 9.08. The van der Waals surface area contributed by atoms with Gasteiger partial charge in [-0.25, -0.2) is 9.59 Å². The average molecular weight is 378 g/mol. The van der Waals surface area contributed by atoms with Crippen LogP contribution in [0.1, 0.15) is 36.0 Å². The zero-order valence-corrected chi connectivity index (χ0v) is 15.2. The molecule has 1 aromatic carbocycles. The summed E-state index contributed by atoms with van der Waals surface area (Å²) in [5, 5.41) is 14.8. The Bertz CT molecular complexity index is 637. The van der Waals surface area contributed by atoms with Crippen molar-refractivity contribution in [1.29, 1.82) is 0 Å². The summed E-state index contributed by atoms with van der Waals surface area (Å²) >= 11 is 0. The van der Waals surface area contributed by atoms with E-state index >= 15 is 0 Å². The number of rotatable bonds is 6. The van der Waals surface area contributed by atoms with Gasteiger partial charge in [-0.15, -0.1) is 0 Å². The smallest absolute Gasteiger partial charge is 0.414 e. The molecule has 27 heavy (non-hydrogen) atoms. The van der Waals surface area contributed by atoms with Crippen LogP contribution >= 0.6 is 0 Å². The summed E-state index contributed by atoms with van der Waals surface area (Å²) in [7, 11) is 0. The molecule has 0 bridgehead atoms. The second kappa shape index (κ2) is 9.91. The molecule has 1 amide bonds. The number of carboxylic acid groups (broad SMARTS) is 2. The summed E-state index contributed by atoms with van der Waals surface area (Å²) in [4.78, 5) is 31.8. The number of aliphatic carboxylic acids is 2. The second-order valence-electron chi connectivity index (χ2n) is 6.91. The quantitative estimate of drug-likeness (QED) is 0.504. The number of nitrogens with zero attached hydrogens (tertiary/aromatic N) is 1. The largest absolute Gasteiger partial charge is 0.494 e. The monoisotopic (exact) mass is 378 g/mol. The van der Waals surface area contributed by atoms with Gasteiger partial charge in [0.2, 0.25) is 5.91 Å². The number of amides is 1. The lowest BCUT2D eigenvalue weighted by Gasteiger charge is -2.16. The minimum Gasteiger partial charge on any atom is -0.494 e. The summed E-state index contributed by atoms with van der Waals surface area (Å²) in [6.07, 6.45) is 5.36. The van der Waals surface area contributed by atoms with Crippen molar-refractivity contribution in [3.05, 3.63) is 29.8 Å². The van der Waals surface area contributed by atoms with Crippen molar-refractivity contribution in [3.63, 3.8) is 0 Å². The fourth-order valence-electron chi connectivity index (χ4n) is 3.71. The van der Waals surface area contributed by atoms with Crippen LogP contribution in [0.15, 0.2) is 24.3 Å². The number of carboxylic acids is 2. The van der Waals surface area contributed by atoms with Crippen LogP contribution < -0.4 is 10.5 Å². The third-order valence-electron chi connectivity index (χ3n) is 5.01. The van der Waals surface area contributed by atoms with Crippen molar-refractivity contribution in [2.75, 3.05) is 26.2 Å². The minimum absolute atomic E-state index is 0.402. The van der Waals surface area contributed by atoms with Crippen LogP contribution in [0, 0.1) is 11.8 Å². The highest BCUT2D eigenvalue weighted by molar-refractivity contribution is 6.27. The van der Waals surface area contributed by atoms with Crippen LogP contribution in [0.5, 0.6) is 5.75 Å². The number of carbonyl (C=O) groups excluding carboxylic acids is 1. The van der Waals surface area contributed by atoms with Gasteiger partial charge in [0.05, 0.1) is 6.61 Å². The predicted molar refractivity (Wildman–Crippen MR) is 97.6 cm³/mol. The van der Waals surface area contributed by atoms with Crippen molar-refractivity contribution in [2.24, 2.45) is 17.6 Å². The SMILES string of the molecule is NC(=O)c1ccc(OCCCN2C[C@H]3CCC[C@H]3C2)cc1.O=C(O)C(=O)O. The standard InChI is InChI=1S/C17H24N2O2.C2H2O4/c18-17(20)13-5-7-16(8-6-13)21-10-2-9-19-11-14-3-1-4-15(14)12-19;3-1(4)2(5)6/h5-8,14-15H,1-4,9-12H2,(H2,18,20);(H,3,4)(H,5,6)/t14-,15+;. The third-order valence-corrected chi connectivity index (χ3v) is 5.01. The van der Waals surface area contributed by atoms with Crippen molar-refractivity contribution in [1.82, 2.24) is 4.90 Å². The summed E-state index contributed by atoms with van der Waals surface area (Å²) in [6, 6.07) is 7.03. The van der Waals surface area contributed by atoms with Crippen LogP contribution in [-0.4, -0.2) is 59.2 Å². The Balaban J connectivity index is 0.000000380. The highest BCUT2D eigenvalue weighted by Crippen LogP contribution is 2.37. The lowest BCUT2D eigenvalue weighted by Crippen LogP contribution is -2.24. The molecular formula is C19H26N2O6. The van der Waals surface area contributed by atoms with E-state index in [1.54, 1.807) is 24.3 Å². The van der Waals surface area contributed by atoms with Gasteiger partial charge in [-0.2, -0.15) is 0 Å². The summed E-state index contributed by atoms with van der Waals surface area (Å²) in [5.41, 5.74) is 5.73. The van der Waals surface area contributed by atoms with Crippen molar-refractivity contribution < 1.29 is 29.3 Å². The third kappa shape index (κ3) is 6.56. The Morgan fingerprint density at radius 3 is 2.07 bits per heavy atom. The van der Waals surface area contributed by atoms with Crippen molar-refractivity contribution >= 4 is 17.8 Å². The number of benzene rings is 1. The van der Waals surface area contributed by atoms with E-state index in [1.807, 2.05) is 0 Å². The molecule has 2 fully saturated rings. The zero-order valence-electron chi connectivity index (χ0n) is 15.2. The molecule has 1 aliphatic heterocycles. The molecule has 0 aromatic heterocycles. The van der Waals surface area contributed by atoms with E-state index in [0.717, 1.165) is 37.2 Å². The van der Waals surface area contributed by atoms with Gasteiger partial charge in [0.15, 0.2) is 0 Å². The van der Waals surface area contributed by atoms with Gasteiger partial charge in [-0.1, -0.05) is 6.42 Å². The normalized spacial score (nSPS) is 21.0. The number of ether oxygens (including phenoxy) is 1. The van der Waals surface area contributed by atoms with E-state index in [-0.39, 0.29) is 0 Å². The lowest BCUT2D eigenvalue weighted by atomic mass is 10.0. The molecule has 1 saturated carbocycles. The maximum Gasteiger partial charge on any atom is 0.414 e. The highest BCUT2D eigenvalue weighted by atomic mass is 16.5. The number of fused-ring (bicyclic) bond motifs is 1. The molecule has 4 N–H and O–H groups in total. The van der Waals surface area contributed by atoms with Crippen LogP contribution in [0.25, 0.3) is 0 Å². The van der Waals surface area contributed by atoms with Gasteiger partial charge in [0.25, 0.3) is 0 Å². The van der Waals surface area contributed by atoms with E-state index in [0.29, 0.717) is 5.56 Å². The molecule has 0 spiro atoms. The number of likely N-dealkylation sites (tertiary alicyclic amines) is 1. The Morgan fingerprint density at radius 1 is 1.04 bits per heavy atom. The van der Waals surface area contributed by atoms with Crippen LogP contribution in [0.4, 0.5) is 0 Å². The first-order chi connectivity index (χ1) is 12.9. The molecule has 2 aliphatic rings. The van der Waals surface area contributed by atoms with Crippen LogP contribution in [0.3, 0.4) is 0 Å². The van der Waals surface area contributed by atoms with E-state index in [4.69, 9.17) is 30.3 Å². The number of carbonyl (C=O) groups is 3. The Kier molecular flexibility index (Phi) is 7.60. The number of hydrogen-bond acceptors (Lipinski definition) is 5. The molecule has 8 heteroatoms. The van der Waals surface area contributed by atoms with Gasteiger partial charge in [0.1, 0.15) is 5.75 Å². The Hall–Kier alpha value is -2.61. The fourth-order valence-corrected chi connectivity index (χ4v) is 3.71. The number of hydrogen-bond donors (Lipinski definition) is 3. The van der Waals surface area contributed by atoms with E-state index in [2.05, 4.69) is 4.90 Å². The molecular weight excluding hydrogens is 352 g/mol. The molecule has 2 atom stereocenters. The van der Waals surface area contributed by atoms with Gasteiger partial charge >= 0.3 is 11.9 Å². The van der Waals surface area contributed by atoms with Gasteiger partial charge in [0, 0.05) is 25.2 Å². The molecule has 148 valence electrons. The highest BCUT2D eigenvalue weighted by Gasteiger charge is 2.35. The van der Waals surface area contributed by atoms with Crippen LogP contribution in [-0.2, 0) is 9.59 Å². The van der Waals surface area contributed by atoms with E-state index in [1.165, 1.54) is 32.4 Å². The molecule has 0 unspecified atom stereocenters. The van der Waals surface area contributed by atoms with Gasteiger partial charge in [-0.3, -0.25) is 4.79 Å². The second-order valence-corrected chi connectivity index (χ2v) is 6.91. The van der Waals surface area contributed by atoms with Gasteiger partial charge in [-0.05, 0) is 55.4 Å². The number of primary amides is 1. The minimum atomic E-state index is -1.82.